The highest BCUT2D eigenvalue weighted by atomic mass is 16.4. The van der Waals surface area contributed by atoms with Gasteiger partial charge in [0.1, 0.15) is 17.8 Å². The first-order valence-electron chi connectivity index (χ1n) is 4.28. The van der Waals surface area contributed by atoms with Crippen LogP contribution in [0.2, 0.25) is 0 Å². The van der Waals surface area contributed by atoms with E-state index in [0.717, 1.165) is 0 Å². The highest BCUT2D eigenvalue weighted by Gasteiger charge is 2.12. The molecule has 0 aromatic carbocycles. The van der Waals surface area contributed by atoms with Crippen molar-refractivity contribution in [2.75, 3.05) is 5.32 Å². The zero-order valence-corrected chi connectivity index (χ0v) is 8.35. The van der Waals surface area contributed by atoms with E-state index in [-0.39, 0.29) is 11.6 Å². The molecule has 0 saturated carbocycles. The van der Waals surface area contributed by atoms with Gasteiger partial charge in [-0.25, -0.2) is 9.97 Å². The number of hydrogen-bond donors (Lipinski definition) is 2. The summed E-state index contributed by atoms with van der Waals surface area (Å²) in [5.74, 6) is -0.847. The number of anilines is 1. The molecule has 0 aliphatic rings. The van der Waals surface area contributed by atoms with Crippen LogP contribution in [-0.2, 0) is 4.79 Å². The molecule has 0 amide bonds. The maximum atomic E-state index is 10.6. The van der Waals surface area contributed by atoms with Gasteiger partial charge in [0, 0.05) is 5.69 Å². The lowest BCUT2D eigenvalue weighted by molar-refractivity contribution is -0.137. The molecule has 1 heterocycles. The Hall–Kier alpha value is -2.16. The molecule has 0 radical (unpaired) electrons. The summed E-state index contributed by atoms with van der Waals surface area (Å²) in [6.45, 7) is 3.18. The van der Waals surface area contributed by atoms with Crippen molar-refractivity contribution in [1.29, 1.82) is 5.26 Å². The monoisotopic (exact) mass is 206 g/mol. The van der Waals surface area contributed by atoms with Crippen LogP contribution in [0.4, 0.5) is 5.95 Å². The summed E-state index contributed by atoms with van der Waals surface area (Å²) in [4.78, 5) is 18.4. The van der Waals surface area contributed by atoms with Crippen molar-refractivity contribution >= 4 is 11.9 Å². The molecule has 0 bridgehead atoms. The Morgan fingerprint density at radius 1 is 1.67 bits per heavy atom. The minimum atomic E-state index is -1.00. The van der Waals surface area contributed by atoms with Gasteiger partial charge >= 0.3 is 5.97 Å². The lowest BCUT2D eigenvalue weighted by Crippen LogP contribution is -2.26. The maximum absolute atomic E-state index is 10.6. The van der Waals surface area contributed by atoms with E-state index in [2.05, 4.69) is 15.3 Å². The Balaban J connectivity index is 2.91. The fraction of sp³-hybridized carbons (Fsp3) is 0.333. The van der Waals surface area contributed by atoms with Crippen LogP contribution in [0.3, 0.4) is 0 Å². The van der Waals surface area contributed by atoms with Gasteiger partial charge in [-0.3, -0.25) is 4.79 Å². The molecule has 2 N–H and O–H groups in total. The Morgan fingerprint density at radius 2 is 2.33 bits per heavy atom. The molecule has 1 aromatic rings. The minimum absolute atomic E-state index is 0.154. The largest absolute Gasteiger partial charge is 0.480 e. The minimum Gasteiger partial charge on any atom is -0.480 e. The number of rotatable bonds is 3. The van der Waals surface area contributed by atoms with E-state index in [1.54, 1.807) is 6.92 Å². The molecule has 1 unspecified atom stereocenters. The second kappa shape index (κ2) is 4.37. The number of nitrogens with one attached hydrogen (secondary N) is 1. The molecular weight excluding hydrogens is 196 g/mol. The summed E-state index contributed by atoms with van der Waals surface area (Å²) in [5, 5.41) is 19.9. The number of aryl methyl sites for hydroxylation is 1. The van der Waals surface area contributed by atoms with Crippen LogP contribution in [0.25, 0.3) is 0 Å². The molecule has 6 heteroatoms. The highest BCUT2D eigenvalue weighted by Crippen LogP contribution is 2.05. The molecule has 0 fully saturated rings. The smallest absolute Gasteiger partial charge is 0.325 e. The summed E-state index contributed by atoms with van der Waals surface area (Å²) >= 11 is 0. The van der Waals surface area contributed by atoms with Crippen LogP contribution in [0.15, 0.2) is 6.07 Å². The summed E-state index contributed by atoms with van der Waals surface area (Å²) in [7, 11) is 0. The molecule has 1 rings (SSSR count). The number of nitrogens with zero attached hydrogens (tertiary/aromatic N) is 3. The number of nitriles is 1. The van der Waals surface area contributed by atoms with E-state index < -0.39 is 12.0 Å². The highest BCUT2D eigenvalue weighted by molar-refractivity contribution is 5.75. The van der Waals surface area contributed by atoms with Crippen molar-refractivity contribution in [3.8, 4) is 6.07 Å². The molecule has 6 nitrogen and oxygen atoms in total. The average Bonchev–Trinajstić information content (AvgIpc) is 2.16. The molecule has 1 aromatic heterocycles. The van der Waals surface area contributed by atoms with Crippen LogP contribution in [0.5, 0.6) is 0 Å². The van der Waals surface area contributed by atoms with E-state index in [9.17, 15) is 4.79 Å². The number of carboxylic acids is 1. The van der Waals surface area contributed by atoms with Crippen LogP contribution in [-0.4, -0.2) is 27.1 Å². The quantitative estimate of drug-likeness (QED) is 0.748. The van der Waals surface area contributed by atoms with Gasteiger partial charge in [0.15, 0.2) is 0 Å². The van der Waals surface area contributed by atoms with E-state index in [1.807, 2.05) is 6.07 Å². The van der Waals surface area contributed by atoms with Crippen molar-refractivity contribution in [1.82, 2.24) is 9.97 Å². The molecular formula is C9H10N4O2. The van der Waals surface area contributed by atoms with Crippen molar-refractivity contribution in [2.45, 2.75) is 19.9 Å². The number of carbonyl (C=O) groups is 1. The van der Waals surface area contributed by atoms with Crippen LogP contribution in [0, 0.1) is 18.3 Å². The number of aromatic nitrogens is 2. The topological polar surface area (TPSA) is 98.9 Å². The maximum Gasteiger partial charge on any atom is 0.325 e. The van der Waals surface area contributed by atoms with Gasteiger partial charge in [-0.2, -0.15) is 5.26 Å². The lowest BCUT2D eigenvalue weighted by Gasteiger charge is -2.09. The Bertz CT molecular complexity index is 425. The summed E-state index contributed by atoms with van der Waals surface area (Å²) in [6, 6.07) is 2.60. The fourth-order valence-corrected chi connectivity index (χ4v) is 0.946. The molecule has 15 heavy (non-hydrogen) atoms. The van der Waals surface area contributed by atoms with Crippen molar-refractivity contribution in [2.24, 2.45) is 0 Å². The predicted molar refractivity (Wildman–Crippen MR) is 52.2 cm³/mol. The van der Waals surface area contributed by atoms with Gasteiger partial charge in [0.05, 0.1) is 0 Å². The Labute approximate surface area is 86.6 Å². The molecule has 0 spiro atoms. The van der Waals surface area contributed by atoms with Gasteiger partial charge in [0.25, 0.3) is 0 Å². The summed E-state index contributed by atoms with van der Waals surface area (Å²) in [6.07, 6.45) is 0. The first-order chi connectivity index (χ1) is 7.02. The van der Waals surface area contributed by atoms with E-state index in [1.165, 1.54) is 13.0 Å². The van der Waals surface area contributed by atoms with Gasteiger partial charge in [0.2, 0.25) is 5.95 Å². The molecule has 78 valence electrons. The third kappa shape index (κ3) is 2.91. The second-order valence-electron chi connectivity index (χ2n) is 3.03. The number of hydrogen-bond acceptors (Lipinski definition) is 5. The lowest BCUT2D eigenvalue weighted by atomic mass is 10.3. The normalized spacial score (nSPS) is 11.5. The second-order valence-corrected chi connectivity index (χ2v) is 3.03. The predicted octanol–water partition coefficient (Wildman–Crippen LogP) is 0.542. The molecule has 0 saturated heterocycles. The van der Waals surface area contributed by atoms with E-state index in [4.69, 9.17) is 10.4 Å². The Morgan fingerprint density at radius 3 is 2.87 bits per heavy atom. The van der Waals surface area contributed by atoms with Crippen LogP contribution < -0.4 is 5.32 Å². The third-order valence-corrected chi connectivity index (χ3v) is 1.68. The van der Waals surface area contributed by atoms with E-state index in [0.29, 0.717) is 5.69 Å². The first-order valence-corrected chi connectivity index (χ1v) is 4.28. The van der Waals surface area contributed by atoms with Gasteiger partial charge in [-0.05, 0) is 19.9 Å². The Kier molecular flexibility index (Phi) is 3.18. The first kappa shape index (κ1) is 10.9. The fourth-order valence-electron chi connectivity index (χ4n) is 0.946. The average molecular weight is 206 g/mol. The van der Waals surface area contributed by atoms with Crippen molar-refractivity contribution in [3.63, 3.8) is 0 Å². The van der Waals surface area contributed by atoms with Crippen LogP contribution in [0.1, 0.15) is 18.3 Å². The number of carboxylic acid groups (broad SMARTS) is 1. The van der Waals surface area contributed by atoms with Crippen LogP contribution >= 0.6 is 0 Å². The zero-order valence-electron chi connectivity index (χ0n) is 8.35. The van der Waals surface area contributed by atoms with Crippen molar-refractivity contribution in [3.05, 3.63) is 17.5 Å². The van der Waals surface area contributed by atoms with Crippen molar-refractivity contribution < 1.29 is 9.90 Å². The zero-order chi connectivity index (χ0) is 11.4. The summed E-state index contributed by atoms with van der Waals surface area (Å²) in [5.41, 5.74) is 0.823. The van der Waals surface area contributed by atoms with Gasteiger partial charge in [-0.15, -0.1) is 0 Å². The molecule has 0 aliphatic carbocycles. The number of aliphatic carboxylic acids is 1. The van der Waals surface area contributed by atoms with Gasteiger partial charge in [-0.1, -0.05) is 0 Å². The standard InChI is InChI=1S/C9H10N4O2/c1-5-3-7(4-10)13-9(11-5)12-6(2)8(14)15/h3,6H,1-2H3,(H,14,15)(H,11,12,13). The third-order valence-electron chi connectivity index (χ3n) is 1.68. The molecule has 0 aliphatic heterocycles. The molecule has 1 atom stereocenters. The SMILES string of the molecule is Cc1cc(C#N)nc(NC(C)C(=O)O)n1. The summed E-state index contributed by atoms with van der Waals surface area (Å²) < 4.78 is 0. The van der Waals surface area contributed by atoms with Gasteiger partial charge < -0.3 is 10.4 Å². The van der Waals surface area contributed by atoms with E-state index >= 15 is 0 Å².